The fourth-order valence-corrected chi connectivity index (χ4v) is 4.37. The molecule has 2 atom stereocenters. The molecule has 138 valence electrons. The SMILES string of the molecule is CC1(C)CC(=O)[C@@]2(C1)C(=O)N(c1ccccc1)N[C@H]2/C=C/c1ccccc1. The number of para-hydroxylation sites is 1. The van der Waals surface area contributed by atoms with Crippen molar-refractivity contribution >= 4 is 23.5 Å². The van der Waals surface area contributed by atoms with Crippen molar-refractivity contribution in [3.05, 3.63) is 72.3 Å². The number of benzene rings is 2. The number of hydrogen-bond donors (Lipinski definition) is 1. The van der Waals surface area contributed by atoms with Crippen LogP contribution >= 0.6 is 0 Å². The number of Topliss-reactive ketones (excluding diaryl/α,β-unsaturated/α-hetero) is 1. The fourth-order valence-electron chi connectivity index (χ4n) is 4.37. The number of hydrazine groups is 1. The van der Waals surface area contributed by atoms with Crippen LogP contribution in [-0.4, -0.2) is 17.7 Å². The molecule has 1 aliphatic heterocycles. The predicted octanol–water partition coefficient (Wildman–Crippen LogP) is 4.00. The van der Waals surface area contributed by atoms with Crippen LogP contribution in [0.2, 0.25) is 0 Å². The van der Waals surface area contributed by atoms with Gasteiger partial charge in [0.05, 0.1) is 11.7 Å². The van der Waals surface area contributed by atoms with E-state index in [-0.39, 0.29) is 23.1 Å². The first-order valence-corrected chi connectivity index (χ1v) is 9.35. The molecule has 4 rings (SSSR count). The van der Waals surface area contributed by atoms with E-state index >= 15 is 0 Å². The highest BCUT2D eigenvalue weighted by molar-refractivity contribution is 6.16. The maximum atomic E-state index is 13.5. The van der Waals surface area contributed by atoms with Crippen LogP contribution in [0.15, 0.2) is 66.7 Å². The van der Waals surface area contributed by atoms with E-state index in [1.165, 1.54) is 0 Å². The third-order valence-electron chi connectivity index (χ3n) is 5.57. The number of rotatable bonds is 3. The average molecular weight is 360 g/mol. The second-order valence-corrected chi connectivity index (χ2v) is 8.26. The summed E-state index contributed by atoms with van der Waals surface area (Å²) < 4.78 is 0. The maximum absolute atomic E-state index is 13.5. The van der Waals surface area contributed by atoms with E-state index in [1.807, 2.05) is 72.8 Å². The first-order chi connectivity index (χ1) is 12.9. The summed E-state index contributed by atoms with van der Waals surface area (Å²) in [5, 5.41) is 1.55. The number of anilines is 1. The van der Waals surface area contributed by atoms with Crippen LogP contribution in [0.3, 0.4) is 0 Å². The van der Waals surface area contributed by atoms with E-state index in [9.17, 15) is 9.59 Å². The summed E-state index contributed by atoms with van der Waals surface area (Å²) in [4.78, 5) is 26.6. The van der Waals surface area contributed by atoms with Crippen LogP contribution < -0.4 is 10.4 Å². The normalized spacial score (nSPS) is 27.2. The molecule has 0 aromatic heterocycles. The molecule has 2 aromatic rings. The molecule has 1 aliphatic carbocycles. The highest BCUT2D eigenvalue weighted by atomic mass is 16.2. The van der Waals surface area contributed by atoms with Crippen molar-refractivity contribution in [3.63, 3.8) is 0 Å². The number of nitrogens with one attached hydrogen (secondary N) is 1. The molecule has 1 saturated carbocycles. The molecular weight excluding hydrogens is 336 g/mol. The quantitative estimate of drug-likeness (QED) is 0.842. The summed E-state index contributed by atoms with van der Waals surface area (Å²) in [6.45, 7) is 4.13. The van der Waals surface area contributed by atoms with E-state index in [0.717, 1.165) is 11.3 Å². The Morgan fingerprint density at radius 1 is 1.00 bits per heavy atom. The number of carbonyl (C=O) groups excluding carboxylic acids is 2. The van der Waals surface area contributed by atoms with Crippen molar-refractivity contribution in [3.8, 4) is 0 Å². The molecule has 1 N–H and O–H groups in total. The molecule has 4 heteroatoms. The lowest BCUT2D eigenvalue weighted by Gasteiger charge is -2.25. The lowest BCUT2D eigenvalue weighted by atomic mass is 9.75. The van der Waals surface area contributed by atoms with Gasteiger partial charge in [-0.25, -0.2) is 10.4 Å². The van der Waals surface area contributed by atoms with Crippen molar-refractivity contribution in [2.24, 2.45) is 10.8 Å². The summed E-state index contributed by atoms with van der Waals surface area (Å²) >= 11 is 0. The molecule has 27 heavy (non-hydrogen) atoms. The Balaban J connectivity index is 1.74. The molecule has 2 aromatic carbocycles. The second-order valence-electron chi connectivity index (χ2n) is 8.26. The Morgan fingerprint density at radius 2 is 1.63 bits per heavy atom. The first-order valence-electron chi connectivity index (χ1n) is 9.35. The molecule has 1 saturated heterocycles. The van der Waals surface area contributed by atoms with Crippen molar-refractivity contribution in [2.45, 2.75) is 32.7 Å². The molecule has 0 radical (unpaired) electrons. The van der Waals surface area contributed by atoms with Gasteiger partial charge in [-0.05, 0) is 29.5 Å². The highest BCUT2D eigenvalue weighted by Crippen LogP contribution is 2.52. The standard InChI is InChI=1S/C23H24N2O2/c1-22(2)15-20(26)23(16-22)19(14-13-17-9-5-3-6-10-17)24-25(21(23)27)18-11-7-4-8-12-18/h3-14,19,24H,15-16H2,1-2H3/b14-13+/t19-,23-/m0/s1. The Kier molecular flexibility index (Phi) is 4.23. The maximum Gasteiger partial charge on any atom is 0.257 e. The van der Waals surface area contributed by atoms with E-state index in [4.69, 9.17) is 0 Å². The van der Waals surface area contributed by atoms with Gasteiger partial charge in [0.1, 0.15) is 5.41 Å². The zero-order valence-electron chi connectivity index (χ0n) is 15.7. The number of carbonyl (C=O) groups is 2. The fraction of sp³-hybridized carbons (Fsp3) is 0.304. The minimum Gasteiger partial charge on any atom is -0.298 e. The van der Waals surface area contributed by atoms with Crippen LogP contribution in [0.4, 0.5) is 5.69 Å². The summed E-state index contributed by atoms with van der Waals surface area (Å²) in [5.74, 6) is -0.113. The monoisotopic (exact) mass is 360 g/mol. The molecule has 0 bridgehead atoms. The van der Waals surface area contributed by atoms with Gasteiger partial charge in [-0.2, -0.15) is 0 Å². The largest absolute Gasteiger partial charge is 0.298 e. The summed E-state index contributed by atoms with van der Waals surface area (Å²) in [7, 11) is 0. The van der Waals surface area contributed by atoms with E-state index in [1.54, 1.807) is 5.01 Å². The van der Waals surface area contributed by atoms with Crippen LogP contribution in [0.25, 0.3) is 6.08 Å². The van der Waals surface area contributed by atoms with Gasteiger partial charge >= 0.3 is 0 Å². The van der Waals surface area contributed by atoms with Gasteiger partial charge in [0, 0.05) is 6.42 Å². The van der Waals surface area contributed by atoms with Gasteiger partial charge in [-0.1, -0.05) is 74.5 Å². The Bertz CT molecular complexity index is 889. The Morgan fingerprint density at radius 3 is 2.22 bits per heavy atom. The molecule has 2 fully saturated rings. The number of amides is 1. The average Bonchev–Trinajstić information content (AvgIpc) is 3.08. The highest BCUT2D eigenvalue weighted by Gasteiger charge is 2.64. The molecule has 4 nitrogen and oxygen atoms in total. The lowest BCUT2D eigenvalue weighted by molar-refractivity contribution is -0.136. The number of hydrogen-bond acceptors (Lipinski definition) is 3. The van der Waals surface area contributed by atoms with Crippen LogP contribution in [-0.2, 0) is 9.59 Å². The molecule has 0 unspecified atom stereocenters. The smallest absolute Gasteiger partial charge is 0.257 e. The Hall–Kier alpha value is -2.72. The number of ketones is 1. The van der Waals surface area contributed by atoms with Crippen molar-refractivity contribution in [1.82, 2.24) is 5.43 Å². The van der Waals surface area contributed by atoms with Crippen molar-refractivity contribution in [2.75, 3.05) is 5.01 Å². The van der Waals surface area contributed by atoms with Crippen molar-refractivity contribution < 1.29 is 9.59 Å². The van der Waals surface area contributed by atoms with Gasteiger partial charge in [0.2, 0.25) is 0 Å². The van der Waals surface area contributed by atoms with Crippen LogP contribution in [0, 0.1) is 10.8 Å². The van der Waals surface area contributed by atoms with Gasteiger partial charge in [-0.15, -0.1) is 0 Å². The minimum absolute atomic E-state index is 0.0335. The van der Waals surface area contributed by atoms with Gasteiger partial charge in [0.15, 0.2) is 5.78 Å². The minimum atomic E-state index is -1.04. The molecule has 1 spiro atoms. The molecule has 1 heterocycles. The summed E-state index contributed by atoms with van der Waals surface area (Å²) in [5.41, 5.74) is 3.89. The van der Waals surface area contributed by atoms with Gasteiger partial charge < -0.3 is 0 Å². The van der Waals surface area contributed by atoms with E-state index in [0.29, 0.717) is 12.8 Å². The zero-order chi connectivity index (χ0) is 19.1. The zero-order valence-corrected chi connectivity index (χ0v) is 15.7. The third-order valence-corrected chi connectivity index (χ3v) is 5.57. The second kappa shape index (κ2) is 6.46. The lowest BCUT2D eigenvalue weighted by Crippen LogP contribution is -2.42. The van der Waals surface area contributed by atoms with Crippen molar-refractivity contribution in [1.29, 1.82) is 0 Å². The van der Waals surface area contributed by atoms with Crippen LogP contribution in [0.1, 0.15) is 32.3 Å². The summed E-state index contributed by atoms with van der Waals surface area (Å²) in [6.07, 6.45) is 4.94. The third kappa shape index (κ3) is 3.00. The Labute approximate surface area is 159 Å². The summed E-state index contributed by atoms with van der Waals surface area (Å²) in [6, 6.07) is 19.0. The van der Waals surface area contributed by atoms with Crippen LogP contribution in [0.5, 0.6) is 0 Å². The van der Waals surface area contributed by atoms with E-state index in [2.05, 4.69) is 19.3 Å². The molecule has 2 aliphatic rings. The molecule has 1 amide bonds. The van der Waals surface area contributed by atoms with Gasteiger partial charge in [-0.3, -0.25) is 9.59 Å². The topological polar surface area (TPSA) is 49.4 Å². The molecular formula is C23H24N2O2. The predicted molar refractivity (Wildman–Crippen MR) is 107 cm³/mol. The first kappa shape index (κ1) is 17.7. The van der Waals surface area contributed by atoms with Gasteiger partial charge in [0.25, 0.3) is 5.91 Å². The number of nitrogens with zero attached hydrogens (tertiary/aromatic N) is 1. The van der Waals surface area contributed by atoms with E-state index < -0.39 is 5.41 Å².